The summed E-state index contributed by atoms with van der Waals surface area (Å²) >= 11 is 1.62. The molecule has 0 radical (unpaired) electrons. The molecular weight excluding hydrogens is 494 g/mol. The van der Waals surface area contributed by atoms with E-state index in [1.165, 1.54) is 5.56 Å². The molecule has 2 heterocycles. The lowest BCUT2D eigenvalue weighted by Crippen LogP contribution is -2.32. The number of carbonyl (C=O) groups is 3. The van der Waals surface area contributed by atoms with Crippen LogP contribution in [0.4, 0.5) is 5.69 Å². The van der Waals surface area contributed by atoms with Gasteiger partial charge < -0.3 is 15.1 Å². The number of rotatable bonds is 7. The summed E-state index contributed by atoms with van der Waals surface area (Å²) in [5.41, 5.74) is 3.77. The molecule has 3 amide bonds. The second-order valence-corrected chi connectivity index (χ2v) is 10.9. The maximum atomic E-state index is 13.2. The number of nitrogens with one attached hydrogen (secondary N) is 1. The topological polar surface area (TPSA) is 69.7 Å². The summed E-state index contributed by atoms with van der Waals surface area (Å²) in [4.78, 5) is 42.8. The summed E-state index contributed by atoms with van der Waals surface area (Å²) in [7, 11) is 0. The van der Waals surface area contributed by atoms with Crippen molar-refractivity contribution in [1.82, 2.24) is 9.80 Å². The van der Waals surface area contributed by atoms with Crippen molar-refractivity contribution in [2.45, 2.75) is 37.5 Å². The molecule has 0 spiro atoms. The number of para-hydroxylation sites is 1. The van der Waals surface area contributed by atoms with E-state index in [0.717, 1.165) is 50.8 Å². The first-order valence-electron chi connectivity index (χ1n) is 13.3. The molecule has 0 aromatic heterocycles. The number of amides is 3. The van der Waals surface area contributed by atoms with Gasteiger partial charge in [0.25, 0.3) is 11.8 Å². The van der Waals surface area contributed by atoms with E-state index in [4.69, 9.17) is 0 Å². The van der Waals surface area contributed by atoms with Gasteiger partial charge in [0.1, 0.15) is 5.37 Å². The minimum atomic E-state index is -0.260. The lowest BCUT2D eigenvalue weighted by Gasteiger charge is -2.24. The smallest absolute Gasteiger partial charge is 0.255 e. The van der Waals surface area contributed by atoms with Crippen LogP contribution in [-0.2, 0) is 11.2 Å². The van der Waals surface area contributed by atoms with Crippen LogP contribution in [0.1, 0.15) is 62.9 Å². The van der Waals surface area contributed by atoms with Crippen molar-refractivity contribution in [2.75, 3.05) is 30.7 Å². The van der Waals surface area contributed by atoms with E-state index >= 15 is 0 Å². The molecule has 3 aromatic rings. The molecule has 2 saturated heterocycles. The van der Waals surface area contributed by atoms with Crippen LogP contribution in [0.5, 0.6) is 0 Å². The van der Waals surface area contributed by atoms with Crippen LogP contribution < -0.4 is 5.32 Å². The lowest BCUT2D eigenvalue weighted by atomic mass is 10.1. The molecule has 1 N–H and O–H groups in total. The predicted octanol–water partition coefficient (Wildman–Crippen LogP) is 5.77. The van der Waals surface area contributed by atoms with Crippen LogP contribution in [0.15, 0.2) is 78.9 Å². The lowest BCUT2D eigenvalue weighted by molar-refractivity contribution is -0.128. The third kappa shape index (κ3) is 6.10. The van der Waals surface area contributed by atoms with E-state index in [2.05, 4.69) is 17.4 Å². The van der Waals surface area contributed by atoms with Crippen molar-refractivity contribution in [3.05, 3.63) is 101 Å². The quantitative estimate of drug-likeness (QED) is 0.423. The number of hydrogen-bond acceptors (Lipinski definition) is 4. The summed E-state index contributed by atoms with van der Waals surface area (Å²) in [6.45, 7) is 2.17. The fourth-order valence-electron chi connectivity index (χ4n) is 5.08. The summed E-state index contributed by atoms with van der Waals surface area (Å²) in [5.74, 6) is 0.313. The van der Waals surface area contributed by atoms with Crippen LogP contribution in [0, 0.1) is 0 Å². The minimum Gasteiger partial charge on any atom is -0.339 e. The Bertz CT molecular complexity index is 1270. The van der Waals surface area contributed by atoms with Crippen LogP contribution in [0.3, 0.4) is 0 Å². The maximum absolute atomic E-state index is 13.2. The number of thioether (sulfide) groups is 1. The molecule has 2 aliphatic heterocycles. The van der Waals surface area contributed by atoms with Gasteiger partial charge in [-0.25, -0.2) is 0 Å². The number of likely N-dealkylation sites (tertiary alicyclic amines) is 1. The monoisotopic (exact) mass is 527 g/mol. The highest BCUT2D eigenvalue weighted by atomic mass is 32.2. The second-order valence-electron chi connectivity index (χ2n) is 9.81. The van der Waals surface area contributed by atoms with Crippen LogP contribution in [-0.4, -0.2) is 52.9 Å². The van der Waals surface area contributed by atoms with Gasteiger partial charge in [0, 0.05) is 25.2 Å². The molecule has 196 valence electrons. The van der Waals surface area contributed by atoms with E-state index in [1.54, 1.807) is 36.0 Å². The molecule has 1 atom stereocenters. The normalized spacial score (nSPS) is 17.8. The zero-order valence-electron chi connectivity index (χ0n) is 21.5. The molecular formula is C31H33N3O3S. The van der Waals surface area contributed by atoms with Gasteiger partial charge in [-0.3, -0.25) is 14.4 Å². The molecule has 0 bridgehead atoms. The number of hydrogen-bond donors (Lipinski definition) is 1. The van der Waals surface area contributed by atoms with E-state index < -0.39 is 0 Å². The standard InChI is InChI=1S/C31H33N3O3S/c35-28-22-38-31(34(28)21-18-23-10-4-3-5-11-23)25-16-14-24(15-17-25)29(36)32-27-13-7-6-12-26(27)30(37)33-19-8-1-2-9-20-33/h3-7,10-17,31H,1-2,8-9,18-22H2,(H,32,36)/t31-/m1/s1. The Labute approximate surface area is 228 Å². The average Bonchev–Trinajstić information content (AvgIpc) is 3.13. The highest BCUT2D eigenvalue weighted by Crippen LogP contribution is 2.38. The van der Waals surface area contributed by atoms with Crippen LogP contribution in [0.2, 0.25) is 0 Å². The van der Waals surface area contributed by atoms with Gasteiger partial charge in [-0.1, -0.05) is 67.4 Å². The molecule has 38 heavy (non-hydrogen) atoms. The van der Waals surface area contributed by atoms with Gasteiger partial charge in [0.15, 0.2) is 0 Å². The fourth-order valence-corrected chi connectivity index (χ4v) is 6.30. The minimum absolute atomic E-state index is 0.0309. The Morgan fingerprint density at radius 2 is 1.53 bits per heavy atom. The van der Waals surface area contributed by atoms with Gasteiger partial charge in [-0.05, 0) is 54.7 Å². The Hall–Kier alpha value is -3.58. The largest absolute Gasteiger partial charge is 0.339 e. The number of benzene rings is 3. The van der Waals surface area contributed by atoms with Gasteiger partial charge in [0.05, 0.1) is 17.0 Å². The summed E-state index contributed by atoms with van der Waals surface area (Å²) in [6, 6.07) is 24.8. The van der Waals surface area contributed by atoms with Gasteiger partial charge in [-0.15, -0.1) is 11.8 Å². The molecule has 3 aromatic carbocycles. The van der Waals surface area contributed by atoms with Gasteiger partial charge in [0.2, 0.25) is 5.91 Å². The van der Waals surface area contributed by atoms with Crippen LogP contribution >= 0.6 is 11.8 Å². The average molecular weight is 528 g/mol. The first kappa shape index (κ1) is 26.0. The van der Waals surface area contributed by atoms with E-state index in [-0.39, 0.29) is 23.1 Å². The molecule has 0 saturated carbocycles. The Balaban J connectivity index is 1.25. The number of anilines is 1. The van der Waals surface area contributed by atoms with E-state index in [0.29, 0.717) is 29.1 Å². The molecule has 7 heteroatoms. The number of carbonyl (C=O) groups excluding carboxylic acids is 3. The predicted molar refractivity (Wildman–Crippen MR) is 152 cm³/mol. The molecule has 0 aliphatic carbocycles. The third-order valence-electron chi connectivity index (χ3n) is 7.21. The Morgan fingerprint density at radius 3 is 2.26 bits per heavy atom. The van der Waals surface area contributed by atoms with Crippen molar-refractivity contribution in [1.29, 1.82) is 0 Å². The van der Waals surface area contributed by atoms with Gasteiger partial charge in [-0.2, -0.15) is 0 Å². The third-order valence-corrected chi connectivity index (χ3v) is 8.47. The van der Waals surface area contributed by atoms with Gasteiger partial charge >= 0.3 is 0 Å². The number of nitrogens with zero attached hydrogens (tertiary/aromatic N) is 2. The van der Waals surface area contributed by atoms with Crippen molar-refractivity contribution in [3.63, 3.8) is 0 Å². The van der Waals surface area contributed by atoms with Crippen molar-refractivity contribution in [3.8, 4) is 0 Å². The summed E-state index contributed by atoms with van der Waals surface area (Å²) in [5, 5.41) is 2.89. The Kier molecular flexibility index (Phi) is 8.44. The summed E-state index contributed by atoms with van der Waals surface area (Å²) < 4.78 is 0. The first-order chi connectivity index (χ1) is 18.6. The molecule has 2 aliphatic rings. The Morgan fingerprint density at radius 1 is 0.842 bits per heavy atom. The SMILES string of the molecule is O=C(Nc1ccccc1C(=O)N1CCCCCC1)c1ccc([C@H]2SCC(=O)N2CCc2ccccc2)cc1. The van der Waals surface area contributed by atoms with Crippen molar-refractivity contribution in [2.24, 2.45) is 0 Å². The summed E-state index contributed by atoms with van der Waals surface area (Å²) in [6.07, 6.45) is 5.13. The fraction of sp³-hybridized carbons (Fsp3) is 0.323. The van der Waals surface area contributed by atoms with Crippen LogP contribution in [0.25, 0.3) is 0 Å². The zero-order valence-corrected chi connectivity index (χ0v) is 22.3. The van der Waals surface area contributed by atoms with E-state index in [1.807, 2.05) is 52.3 Å². The maximum Gasteiger partial charge on any atom is 0.255 e. The van der Waals surface area contributed by atoms with Crippen molar-refractivity contribution >= 4 is 35.2 Å². The van der Waals surface area contributed by atoms with Crippen molar-refractivity contribution < 1.29 is 14.4 Å². The molecule has 2 fully saturated rings. The first-order valence-corrected chi connectivity index (χ1v) is 14.4. The zero-order chi connectivity index (χ0) is 26.3. The molecule has 0 unspecified atom stereocenters. The molecule has 5 rings (SSSR count). The second kappa shape index (κ2) is 12.3. The molecule has 6 nitrogen and oxygen atoms in total. The van der Waals surface area contributed by atoms with E-state index in [9.17, 15) is 14.4 Å². The highest BCUT2D eigenvalue weighted by molar-refractivity contribution is 8.00. The highest BCUT2D eigenvalue weighted by Gasteiger charge is 2.32.